The molecule has 0 aliphatic heterocycles. The molecule has 0 saturated carbocycles. The van der Waals surface area contributed by atoms with E-state index in [0.29, 0.717) is 0 Å². The zero-order chi connectivity index (χ0) is 11.4. The summed E-state index contributed by atoms with van der Waals surface area (Å²) in [5, 5.41) is 8.06. The first kappa shape index (κ1) is 14.1. The van der Waals surface area contributed by atoms with Crippen LogP contribution in [0.5, 0.6) is 0 Å². The van der Waals surface area contributed by atoms with Crippen molar-refractivity contribution in [2.75, 3.05) is 0 Å². The molecule has 0 aromatic carbocycles. The highest BCUT2D eigenvalue weighted by Gasteiger charge is 2.08. The van der Waals surface area contributed by atoms with E-state index < -0.39 is 0 Å². The van der Waals surface area contributed by atoms with Crippen molar-refractivity contribution in [3.63, 3.8) is 0 Å². The minimum atomic E-state index is 0. The van der Waals surface area contributed by atoms with Crippen molar-refractivity contribution in [1.29, 1.82) is 0 Å². The first-order valence-corrected chi connectivity index (χ1v) is 5.97. The number of hydrogen-bond acceptors (Lipinski definition) is 5. The van der Waals surface area contributed by atoms with Gasteiger partial charge in [0, 0.05) is 12.5 Å². The molecule has 0 aliphatic carbocycles. The summed E-state index contributed by atoms with van der Waals surface area (Å²) in [6.07, 6.45) is 3.19. The molecule has 0 aliphatic rings. The van der Waals surface area contributed by atoms with Gasteiger partial charge in [-0.15, -0.1) is 12.4 Å². The molecule has 5 nitrogen and oxygen atoms in total. The van der Waals surface area contributed by atoms with Crippen molar-refractivity contribution >= 4 is 24.2 Å². The van der Waals surface area contributed by atoms with Crippen LogP contribution in [0.2, 0.25) is 0 Å². The average Bonchev–Trinajstić information content (AvgIpc) is 2.91. The maximum Gasteiger partial charge on any atom is 0.191 e. The minimum absolute atomic E-state index is 0. The van der Waals surface area contributed by atoms with Gasteiger partial charge in [-0.2, -0.15) is 5.10 Å². The maximum atomic E-state index is 5.85. The Kier molecular flexibility index (Phi) is 5.54. The molecule has 2 aromatic heterocycles. The van der Waals surface area contributed by atoms with E-state index in [9.17, 15) is 0 Å². The molecule has 3 N–H and O–H groups in total. The van der Waals surface area contributed by atoms with Crippen LogP contribution in [-0.4, -0.2) is 21.2 Å². The van der Waals surface area contributed by atoms with Gasteiger partial charge < -0.3 is 10.2 Å². The van der Waals surface area contributed by atoms with Gasteiger partial charge in [0.15, 0.2) is 10.2 Å². The summed E-state index contributed by atoms with van der Waals surface area (Å²) in [6, 6.07) is 4.04. The van der Waals surface area contributed by atoms with E-state index in [0.717, 1.165) is 28.9 Å². The van der Waals surface area contributed by atoms with Crippen molar-refractivity contribution in [2.45, 2.75) is 36.1 Å². The lowest BCUT2D eigenvalue weighted by molar-refractivity contribution is 0.415. The van der Waals surface area contributed by atoms with Crippen molar-refractivity contribution in [1.82, 2.24) is 15.2 Å². The van der Waals surface area contributed by atoms with Crippen LogP contribution in [0.4, 0.5) is 0 Å². The Morgan fingerprint density at radius 3 is 3.00 bits per heavy atom. The molecule has 2 heterocycles. The number of furan rings is 1. The van der Waals surface area contributed by atoms with Gasteiger partial charge in [-0.3, -0.25) is 5.10 Å². The van der Waals surface area contributed by atoms with Gasteiger partial charge in [0.1, 0.15) is 12.1 Å². The topological polar surface area (TPSA) is 80.7 Å². The number of hydrogen-bond donors (Lipinski definition) is 2. The van der Waals surface area contributed by atoms with Gasteiger partial charge >= 0.3 is 0 Å². The third kappa shape index (κ3) is 4.07. The summed E-state index contributed by atoms with van der Waals surface area (Å²) in [5.41, 5.74) is 5.85. The molecule has 1 atom stereocenters. The van der Waals surface area contributed by atoms with Gasteiger partial charge in [0.2, 0.25) is 0 Å². The van der Waals surface area contributed by atoms with Crippen LogP contribution < -0.4 is 5.73 Å². The van der Waals surface area contributed by atoms with E-state index in [-0.39, 0.29) is 18.4 Å². The highest BCUT2D eigenvalue weighted by molar-refractivity contribution is 7.99. The molecular weight excluding hydrogens is 260 g/mol. The number of nitrogens with two attached hydrogens (primary N) is 1. The number of rotatable bonds is 5. The van der Waals surface area contributed by atoms with E-state index in [1.165, 1.54) is 18.1 Å². The zero-order valence-corrected chi connectivity index (χ0v) is 11.1. The number of halogens is 1. The standard InChI is InChI=1S/C10H14N4OS.ClH/c1-2-7(11)5-8-3-4-9(15-8)16-10-12-6-13-14-10;/h3-4,6-7H,2,5,11H2,1H3,(H,12,13,14);1H. The average molecular weight is 275 g/mol. The van der Waals surface area contributed by atoms with Crippen molar-refractivity contribution < 1.29 is 4.42 Å². The molecule has 1 unspecified atom stereocenters. The number of H-pyrrole nitrogens is 1. The first-order chi connectivity index (χ1) is 7.78. The Labute approximate surface area is 110 Å². The zero-order valence-electron chi connectivity index (χ0n) is 9.42. The van der Waals surface area contributed by atoms with E-state index in [4.69, 9.17) is 10.2 Å². The summed E-state index contributed by atoms with van der Waals surface area (Å²) >= 11 is 1.41. The number of aromatic amines is 1. The molecular formula is C10H15ClN4OS. The van der Waals surface area contributed by atoms with Gasteiger partial charge in [-0.05, 0) is 30.3 Å². The Morgan fingerprint density at radius 2 is 2.35 bits per heavy atom. The van der Waals surface area contributed by atoms with Gasteiger partial charge in [-0.25, -0.2) is 4.98 Å². The smallest absolute Gasteiger partial charge is 0.191 e. The molecule has 0 amide bonds. The highest BCUT2D eigenvalue weighted by Crippen LogP contribution is 2.26. The quantitative estimate of drug-likeness (QED) is 0.874. The largest absolute Gasteiger partial charge is 0.454 e. The Bertz CT molecular complexity index is 431. The fourth-order valence-electron chi connectivity index (χ4n) is 1.26. The molecule has 0 fully saturated rings. The predicted octanol–water partition coefficient (Wildman–Crippen LogP) is 2.25. The van der Waals surface area contributed by atoms with Crippen LogP contribution in [0.25, 0.3) is 0 Å². The van der Waals surface area contributed by atoms with E-state index in [1.54, 1.807) is 0 Å². The lowest BCUT2D eigenvalue weighted by atomic mass is 10.1. The van der Waals surface area contributed by atoms with Crippen LogP contribution >= 0.6 is 24.2 Å². The van der Waals surface area contributed by atoms with Crippen LogP contribution in [0, 0.1) is 0 Å². The summed E-state index contributed by atoms with van der Waals surface area (Å²) in [4.78, 5) is 4.01. The van der Waals surface area contributed by atoms with Crippen LogP contribution in [0.1, 0.15) is 19.1 Å². The summed E-state index contributed by atoms with van der Waals surface area (Å²) < 4.78 is 5.62. The second kappa shape index (κ2) is 6.68. The first-order valence-electron chi connectivity index (χ1n) is 5.15. The van der Waals surface area contributed by atoms with Crippen LogP contribution in [0.3, 0.4) is 0 Å². The minimum Gasteiger partial charge on any atom is -0.454 e. The second-order valence-corrected chi connectivity index (χ2v) is 4.48. The number of nitrogens with zero attached hydrogens (tertiary/aromatic N) is 2. The lowest BCUT2D eigenvalue weighted by Crippen LogP contribution is -2.20. The van der Waals surface area contributed by atoms with E-state index in [1.807, 2.05) is 12.1 Å². The molecule has 2 aromatic rings. The molecule has 17 heavy (non-hydrogen) atoms. The molecule has 0 radical (unpaired) electrons. The van der Waals surface area contributed by atoms with Gasteiger partial charge in [-0.1, -0.05) is 6.92 Å². The summed E-state index contributed by atoms with van der Waals surface area (Å²) in [5.74, 6) is 0.913. The van der Waals surface area contributed by atoms with Gasteiger partial charge in [0.25, 0.3) is 0 Å². The van der Waals surface area contributed by atoms with Crippen LogP contribution in [0.15, 0.2) is 33.1 Å². The SMILES string of the molecule is CCC(N)Cc1ccc(Sc2ncn[nH]2)o1.Cl. The number of nitrogens with one attached hydrogen (secondary N) is 1. The fourth-order valence-corrected chi connectivity index (χ4v) is 1.94. The van der Waals surface area contributed by atoms with Gasteiger partial charge in [0.05, 0.1) is 0 Å². The highest BCUT2D eigenvalue weighted by atomic mass is 35.5. The molecule has 0 bridgehead atoms. The molecule has 2 rings (SSSR count). The third-order valence-electron chi connectivity index (χ3n) is 2.21. The number of aromatic nitrogens is 3. The van der Waals surface area contributed by atoms with E-state index in [2.05, 4.69) is 22.1 Å². The van der Waals surface area contributed by atoms with E-state index >= 15 is 0 Å². The lowest BCUT2D eigenvalue weighted by Gasteiger charge is -2.04. The molecule has 0 saturated heterocycles. The van der Waals surface area contributed by atoms with Crippen molar-refractivity contribution in [3.05, 3.63) is 24.2 Å². The molecule has 7 heteroatoms. The molecule has 94 valence electrons. The second-order valence-electron chi connectivity index (χ2n) is 3.49. The summed E-state index contributed by atoms with van der Waals surface area (Å²) in [6.45, 7) is 2.07. The monoisotopic (exact) mass is 274 g/mol. The normalized spacial score (nSPS) is 12.1. The van der Waals surface area contributed by atoms with Crippen LogP contribution in [-0.2, 0) is 6.42 Å². The third-order valence-corrected chi connectivity index (χ3v) is 3.03. The molecule has 0 spiro atoms. The summed E-state index contributed by atoms with van der Waals surface area (Å²) in [7, 11) is 0. The Morgan fingerprint density at radius 1 is 1.53 bits per heavy atom. The van der Waals surface area contributed by atoms with Crippen molar-refractivity contribution in [3.8, 4) is 0 Å². The predicted molar refractivity (Wildman–Crippen MR) is 68.4 cm³/mol. The Balaban J connectivity index is 0.00000144. The fraction of sp³-hybridized carbons (Fsp3) is 0.400. The maximum absolute atomic E-state index is 5.85. The van der Waals surface area contributed by atoms with Crippen molar-refractivity contribution in [2.24, 2.45) is 5.73 Å². The Hall–Kier alpha value is -0.980.